The van der Waals surface area contributed by atoms with Gasteiger partial charge in [0.1, 0.15) is 23.6 Å². The summed E-state index contributed by atoms with van der Waals surface area (Å²) >= 11 is 0. The smallest absolute Gasteiger partial charge is 0.266 e. The highest BCUT2D eigenvalue weighted by Gasteiger charge is 2.37. The van der Waals surface area contributed by atoms with Crippen LogP contribution in [-0.2, 0) is 14.3 Å². The number of benzene rings is 1. The number of aryl methyl sites for hydroxylation is 1. The molecule has 1 saturated carbocycles. The number of nitrogens with zero attached hydrogens (tertiary/aromatic N) is 2. The average molecular weight is 500 g/mol. The number of carbonyl (C=O) groups excluding carboxylic acids is 1. The van der Waals surface area contributed by atoms with Gasteiger partial charge in [-0.25, -0.2) is 31.9 Å². The molecular formula is C23H25F5N4O3. The Balaban J connectivity index is 1.67. The summed E-state index contributed by atoms with van der Waals surface area (Å²) in [4.78, 5) is 20.9. The third kappa shape index (κ3) is 5.37. The minimum atomic E-state index is -3.00. The number of amides is 1. The molecule has 35 heavy (non-hydrogen) atoms. The van der Waals surface area contributed by atoms with Crippen LogP contribution < -0.4 is 10.6 Å². The molecular weight excluding hydrogens is 475 g/mol. The summed E-state index contributed by atoms with van der Waals surface area (Å²) in [6, 6.07) is 2.30. The van der Waals surface area contributed by atoms with Gasteiger partial charge in [0.15, 0.2) is 6.29 Å². The third-order valence-corrected chi connectivity index (χ3v) is 5.95. The van der Waals surface area contributed by atoms with Gasteiger partial charge in [0.2, 0.25) is 6.17 Å². The van der Waals surface area contributed by atoms with Crippen molar-refractivity contribution in [1.29, 1.82) is 0 Å². The summed E-state index contributed by atoms with van der Waals surface area (Å²) in [7, 11) is 0. The van der Waals surface area contributed by atoms with E-state index >= 15 is 4.39 Å². The molecule has 2 aromatic rings. The van der Waals surface area contributed by atoms with Crippen molar-refractivity contribution in [3.05, 3.63) is 52.2 Å². The standard InChI is InChI=1S/C23H25F5N4O3/c1-10(14-4-3-5-15(17(14)25)20(27)28)29-21-16(23-34-6-7-35-23)19(30-11(2)31-21)18(26)22(33)32-13-8-12(24)9-13/h3-5,10,12-13,18,20,23H,6-9H2,1-2H3,(H,32,33)(H,29,30,31)/t10-,12-,13-,18?/m1/s1. The van der Waals surface area contributed by atoms with Gasteiger partial charge in [-0.15, -0.1) is 0 Å². The number of aromatic nitrogens is 2. The fraction of sp³-hybridized carbons (Fsp3) is 0.522. The van der Waals surface area contributed by atoms with E-state index in [4.69, 9.17) is 9.47 Å². The quantitative estimate of drug-likeness (QED) is 0.511. The molecule has 4 rings (SSSR count). The Bertz CT molecular complexity index is 1080. The molecule has 2 atom stereocenters. The van der Waals surface area contributed by atoms with Gasteiger partial charge in [0.05, 0.1) is 36.1 Å². The fourth-order valence-corrected chi connectivity index (χ4v) is 4.08. The molecule has 1 aliphatic carbocycles. The zero-order valence-electron chi connectivity index (χ0n) is 19.0. The van der Waals surface area contributed by atoms with Gasteiger partial charge in [0.25, 0.3) is 12.3 Å². The van der Waals surface area contributed by atoms with Gasteiger partial charge in [-0.3, -0.25) is 4.79 Å². The van der Waals surface area contributed by atoms with E-state index in [0.717, 1.165) is 6.07 Å². The van der Waals surface area contributed by atoms with Crippen molar-refractivity contribution in [1.82, 2.24) is 15.3 Å². The molecule has 1 saturated heterocycles. The Labute approximate surface area is 198 Å². The van der Waals surface area contributed by atoms with Gasteiger partial charge < -0.3 is 20.1 Å². The lowest BCUT2D eigenvalue weighted by molar-refractivity contribution is -0.128. The highest BCUT2D eigenvalue weighted by atomic mass is 19.3. The fourth-order valence-electron chi connectivity index (χ4n) is 4.08. The summed E-state index contributed by atoms with van der Waals surface area (Å²) in [5.74, 6) is -1.95. The second-order valence-electron chi connectivity index (χ2n) is 8.55. The number of nitrogens with one attached hydrogen (secondary N) is 2. The molecule has 1 aromatic heterocycles. The van der Waals surface area contributed by atoms with Gasteiger partial charge >= 0.3 is 0 Å². The number of hydrogen-bond donors (Lipinski definition) is 2. The molecule has 0 radical (unpaired) electrons. The van der Waals surface area contributed by atoms with Crippen LogP contribution in [0.1, 0.15) is 72.9 Å². The van der Waals surface area contributed by atoms with Crippen LogP contribution in [0.4, 0.5) is 27.8 Å². The predicted molar refractivity (Wildman–Crippen MR) is 115 cm³/mol. The number of hydrogen-bond acceptors (Lipinski definition) is 6. The molecule has 0 spiro atoms. The van der Waals surface area contributed by atoms with Crippen molar-refractivity contribution in [2.24, 2.45) is 0 Å². The lowest BCUT2D eigenvalue weighted by Gasteiger charge is -2.31. The first-order valence-corrected chi connectivity index (χ1v) is 11.2. The molecule has 1 aliphatic heterocycles. The van der Waals surface area contributed by atoms with Gasteiger partial charge in [0, 0.05) is 11.6 Å². The SMILES string of the molecule is Cc1nc(N[C@H](C)c2cccc(C(F)F)c2F)c(C2OCCO2)c(C(F)C(=O)N[C@H]2C[C@H](F)C2)n1. The molecule has 0 bridgehead atoms. The van der Waals surface area contributed by atoms with E-state index in [1.54, 1.807) is 0 Å². The number of anilines is 1. The van der Waals surface area contributed by atoms with Crippen molar-refractivity contribution in [2.75, 3.05) is 18.5 Å². The van der Waals surface area contributed by atoms with Crippen molar-refractivity contribution < 1.29 is 36.2 Å². The highest BCUT2D eigenvalue weighted by Crippen LogP contribution is 2.37. The van der Waals surface area contributed by atoms with Crippen molar-refractivity contribution in [3.8, 4) is 0 Å². The number of halogens is 5. The second kappa shape index (κ2) is 10.4. The van der Waals surface area contributed by atoms with Gasteiger partial charge in [-0.1, -0.05) is 18.2 Å². The Kier molecular flexibility index (Phi) is 7.50. The van der Waals surface area contributed by atoms with Crippen molar-refractivity contribution >= 4 is 11.7 Å². The third-order valence-electron chi connectivity index (χ3n) is 5.95. The molecule has 190 valence electrons. The van der Waals surface area contributed by atoms with E-state index in [-0.39, 0.29) is 54.5 Å². The van der Waals surface area contributed by atoms with Crippen LogP contribution >= 0.6 is 0 Å². The van der Waals surface area contributed by atoms with Crippen LogP contribution in [-0.4, -0.2) is 41.3 Å². The minimum absolute atomic E-state index is 0.00463. The van der Waals surface area contributed by atoms with Crippen LogP contribution in [0.25, 0.3) is 0 Å². The van der Waals surface area contributed by atoms with E-state index in [9.17, 15) is 22.4 Å². The summed E-state index contributed by atoms with van der Waals surface area (Å²) in [5.41, 5.74) is -1.11. The molecule has 1 unspecified atom stereocenters. The molecule has 1 amide bonds. The van der Waals surface area contributed by atoms with E-state index in [1.807, 2.05) is 0 Å². The van der Waals surface area contributed by atoms with E-state index < -0.39 is 54.4 Å². The largest absolute Gasteiger partial charge is 0.363 e. The Morgan fingerprint density at radius 1 is 1.11 bits per heavy atom. The van der Waals surface area contributed by atoms with Crippen LogP contribution in [0.15, 0.2) is 18.2 Å². The predicted octanol–water partition coefficient (Wildman–Crippen LogP) is 4.71. The number of alkyl halides is 4. The molecule has 2 aliphatic rings. The number of ether oxygens (including phenoxy) is 2. The Morgan fingerprint density at radius 2 is 1.77 bits per heavy atom. The summed E-state index contributed by atoms with van der Waals surface area (Å²) in [6.45, 7) is 3.39. The maximum absolute atomic E-state index is 15.4. The minimum Gasteiger partial charge on any atom is -0.363 e. The summed E-state index contributed by atoms with van der Waals surface area (Å²) in [5, 5.41) is 5.37. The van der Waals surface area contributed by atoms with Crippen LogP contribution in [0.3, 0.4) is 0 Å². The molecule has 2 N–H and O–H groups in total. The lowest BCUT2D eigenvalue weighted by atomic mass is 9.90. The first-order valence-electron chi connectivity index (χ1n) is 11.2. The topological polar surface area (TPSA) is 85.4 Å². The maximum atomic E-state index is 15.4. The first kappa shape index (κ1) is 25.2. The first-order chi connectivity index (χ1) is 16.7. The molecule has 1 aromatic carbocycles. The monoisotopic (exact) mass is 500 g/mol. The van der Waals surface area contributed by atoms with Crippen LogP contribution in [0.5, 0.6) is 0 Å². The molecule has 2 heterocycles. The maximum Gasteiger partial charge on any atom is 0.266 e. The number of carbonyl (C=O) groups is 1. The second-order valence-corrected chi connectivity index (χ2v) is 8.55. The summed E-state index contributed by atoms with van der Waals surface area (Å²) in [6.07, 6.45) is -7.17. The Hall–Kier alpha value is -2.86. The zero-order chi connectivity index (χ0) is 25.3. The summed E-state index contributed by atoms with van der Waals surface area (Å²) < 4.78 is 80.6. The average Bonchev–Trinajstić information content (AvgIpc) is 3.31. The molecule has 2 fully saturated rings. The van der Waals surface area contributed by atoms with Gasteiger partial charge in [-0.2, -0.15) is 0 Å². The van der Waals surface area contributed by atoms with Crippen molar-refractivity contribution in [2.45, 2.75) is 63.8 Å². The van der Waals surface area contributed by atoms with Gasteiger partial charge in [-0.05, 0) is 26.7 Å². The van der Waals surface area contributed by atoms with E-state index in [1.165, 1.54) is 26.0 Å². The van der Waals surface area contributed by atoms with E-state index in [2.05, 4.69) is 20.6 Å². The molecule has 12 heteroatoms. The van der Waals surface area contributed by atoms with E-state index in [0.29, 0.717) is 0 Å². The molecule has 7 nitrogen and oxygen atoms in total. The lowest BCUT2D eigenvalue weighted by Crippen LogP contribution is -2.46. The Morgan fingerprint density at radius 3 is 2.40 bits per heavy atom. The normalized spacial score (nSPS) is 22.1. The van der Waals surface area contributed by atoms with Crippen LogP contribution in [0.2, 0.25) is 0 Å². The highest BCUT2D eigenvalue weighted by molar-refractivity contribution is 5.82. The van der Waals surface area contributed by atoms with Crippen LogP contribution in [0, 0.1) is 12.7 Å². The number of rotatable bonds is 8. The van der Waals surface area contributed by atoms with Crippen molar-refractivity contribution in [3.63, 3.8) is 0 Å². The zero-order valence-corrected chi connectivity index (χ0v) is 19.0.